The van der Waals surface area contributed by atoms with Crippen LogP contribution in [0.15, 0.2) is 0 Å². The number of carbonyl (C=O) groups excluding carboxylic acids is 2. The number of aliphatic carboxylic acids is 1. The van der Waals surface area contributed by atoms with Gasteiger partial charge < -0.3 is 15.7 Å². The number of carboxylic acid groups (broad SMARTS) is 1. The summed E-state index contributed by atoms with van der Waals surface area (Å²) in [6.45, 7) is 3.75. The molecule has 1 heterocycles. The molecule has 3 N–H and O–H groups in total. The Morgan fingerprint density at radius 2 is 1.90 bits per heavy atom. The van der Waals surface area contributed by atoms with Crippen LogP contribution in [0.3, 0.4) is 0 Å². The Morgan fingerprint density at radius 1 is 1.25 bits per heavy atom. The lowest BCUT2D eigenvalue weighted by molar-refractivity contribution is -0.146. The van der Waals surface area contributed by atoms with Crippen LogP contribution in [0, 0.1) is 0 Å². The van der Waals surface area contributed by atoms with Gasteiger partial charge in [-0.3, -0.25) is 9.59 Å². The van der Waals surface area contributed by atoms with Gasteiger partial charge in [-0.05, 0) is 32.4 Å². The molecule has 0 aromatic carbocycles. The summed E-state index contributed by atoms with van der Waals surface area (Å²) in [5.74, 6) is -0.219. The summed E-state index contributed by atoms with van der Waals surface area (Å²) in [5, 5.41) is 14.6. The molecule has 1 atom stereocenters. The molecule has 0 radical (unpaired) electrons. The van der Waals surface area contributed by atoms with E-state index < -0.39 is 11.5 Å². The van der Waals surface area contributed by atoms with E-state index in [1.165, 1.54) is 11.8 Å². The number of thioether (sulfide) groups is 1. The average molecular weight is 302 g/mol. The third-order valence-electron chi connectivity index (χ3n) is 3.07. The van der Waals surface area contributed by atoms with E-state index in [4.69, 9.17) is 0 Å². The molecule has 20 heavy (non-hydrogen) atoms. The van der Waals surface area contributed by atoms with Gasteiger partial charge in [0.2, 0.25) is 11.8 Å². The highest BCUT2D eigenvalue weighted by atomic mass is 32.2. The number of rotatable bonds is 7. The summed E-state index contributed by atoms with van der Waals surface area (Å²) in [4.78, 5) is 34.5. The van der Waals surface area contributed by atoms with E-state index in [0.29, 0.717) is 18.6 Å². The first-order valence-corrected chi connectivity index (χ1v) is 7.93. The summed E-state index contributed by atoms with van der Waals surface area (Å²) in [5.41, 5.74) is -1.12. The standard InChI is InChI=1S/C13H22N2O4S/c1-9(2)14-10(16)4-3-5-11(17)15-13(12(18)19)6-7-20-8-13/h9H,3-8H2,1-2H3,(H,14,16)(H,15,17)(H,18,19). The van der Waals surface area contributed by atoms with E-state index in [1.54, 1.807) is 0 Å². The van der Waals surface area contributed by atoms with Gasteiger partial charge in [-0.1, -0.05) is 0 Å². The minimum Gasteiger partial charge on any atom is -0.479 e. The number of carboxylic acids is 1. The van der Waals surface area contributed by atoms with E-state index >= 15 is 0 Å². The Balaban J connectivity index is 2.33. The Morgan fingerprint density at radius 3 is 2.40 bits per heavy atom. The van der Waals surface area contributed by atoms with Crippen molar-refractivity contribution in [1.29, 1.82) is 0 Å². The predicted octanol–water partition coefficient (Wildman–Crippen LogP) is 0.758. The molecule has 1 aliphatic rings. The smallest absolute Gasteiger partial charge is 0.330 e. The summed E-state index contributed by atoms with van der Waals surface area (Å²) >= 11 is 1.53. The number of carbonyl (C=O) groups is 3. The van der Waals surface area contributed by atoms with Crippen molar-refractivity contribution in [3.05, 3.63) is 0 Å². The lowest BCUT2D eigenvalue weighted by Gasteiger charge is -2.24. The van der Waals surface area contributed by atoms with Gasteiger partial charge in [0.05, 0.1) is 0 Å². The second-order valence-corrected chi connectivity index (χ2v) is 6.42. The Hall–Kier alpha value is -1.24. The number of amides is 2. The van der Waals surface area contributed by atoms with Crippen molar-refractivity contribution in [3.63, 3.8) is 0 Å². The molecular formula is C13H22N2O4S. The van der Waals surface area contributed by atoms with E-state index in [1.807, 2.05) is 13.8 Å². The van der Waals surface area contributed by atoms with Crippen LogP contribution in [0.2, 0.25) is 0 Å². The predicted molar refractivity (Wildman–Crippen MR) is 77.6 cm³/mol. The van der Waals surface area contributed by atoms with Crippen LogP contribution < -0.4 is 10.6 Å². The van der Waals surface area contributed by atoms with E-state index in [9.17, 15) is 19.5 Å². The third kappa shape index (κ3) is 5.03. The van der Waals surface area contributed by atoms with Crippen LogP contribution in [0.25, 0.3) is 0 Å². The topological polar surface area (TPSA) is 95.5 Å². The first-order chi connectivity index (χ1) is 9.35. The van der Waals surface area contributed by atoms with Crippen LogP contribution in [0.5, 0.6) is 0 Å². The molecule has 1 saturated heterocycles. The molecule has 1 fully saturated rings. The van der Waals surface area contributed by atoms with Gasteiger partial charge in [0.1, 0.15) is 5.54 Å². The first-order valence-electron chi connectivity index (χ1n) is 6.77. The molecule has 0 saturated carbocycles. The molecule has 0 bridgehead atoms. The maximum Gasteiger partial charge on any atom is 0.330 e. The molecule has 0 aromatic heterocycles. The van der Waals surface area contributed by atoms with Crippen molar-refractivity contribution in [1.82, 2.24) is 10.6 Å². The molecule has 2 amide bonds. The molecule has 1 aliphatic heterocycles. The highest BCUT2D eigenvalue weighted by Gasteiger charge is 2.43. The van der Waals surface area contributed by atoms with E-state index in [0.717, 1.165) is 5.75 Å². The largest absolute Gasteiger partial charge is 0.479 e. The van der Waals surface area contributed by atoms with Crippen molar-refractivity contribution in [2.24, 2.45) is 0 Å². The minimum absolute atomic E-state index is 0.0853. The molecule has 1 rings (SSSR count). The summed E-state index contributed by atoms with van der Waals surface area (Å²) < 4.78 is 0. The monoisotopic (exact) mass is 302 g/mol. The summed E-state index contributed by atoms with van der Waals surface area (Å²) in [6.07, 6.45) is 1.32. The molecule has 0 aromatic rings. The van der Waals surface area contributed by atoms with Gasteiger partial charge in [-0.2, -0.15) is 11.8 Å². The maximum atomic E-state index is 11.8. The Bertz CT molecular complexity index is 379. The fourth-order valence-electron chi connectivity index (χ4n) is 2.02. The molecule has 0 aliphatic carbocycles. The van der Waals surface area contributed by atoms with Crippen LogP contribution in [0.4, 0.5) is 0 Å². The fourth-order valence-corrected chi connectivity index (χ4v) is 3.34. The maximum absolute atomic E-state index is 11.8. The van der Waals surface area contributed by atoms with Gasteiger partial charge in [-0.15, -0.1) is 0 Å². The fraction of sp³-hybridized carbons (Fsp3) is 0.769. The van der Waals surface area contributed by atoms with Crippen molar-refractivity contribution in [2.45, 2.75) is 51.1 Å². The van der Waals surface area contributed by atoms with Crippen molar-refractivity contribution in [3.8, 4) is 0 Å². The second-order valence-electron chi connectivity index (χ2n) is 5.31. The number of hydrogen-bond acceptors (Lipinski definition) is 4. The van der Waals surface area contributed by atoms with Gasteiger partial charge in [0.15, 0.2) is 0 Å². The van der Waals surface area contributed by atoms with Crippen molar-refractivity contribution >= 4 is 29.5 Å². The molecule has 7 heteroatoms. The average Bonchev–Trinajstić information content (AvgIpc) is 2.77. The highest BCUT2D eigenvalue weighted by Crippen LogP contribution is 2.28. The van der Waals surface area contributed by atoms with Crippen LogP contribution >= 0.6 is 11.8 Å². The Labute approximate surface area is 123 Å². The van der Waals surface area contributed by atoms with Crippen molar-refractivity contribution < 1.29 is 19.5 Å². The molecule has 1 unspecified atom stereocenters. The molecular weight excluding hydrogens is 280 g/mol. The number of hydrogen-bond donors (Lipinski definition) is 3. The first kappa shape index (κ1) is 16.8. The van der Waals surface area contributed by atoms with Crippen LogP contribution in [0.1, 0.15) is 39.5 Å². The minimum atomic E-state index is -1.12. The lowest BCUT2D eigenvalue weighted by Crippen LogP contribution is -2.54. The van der Waals surface area contributed by atoms with Crippen LogP contribution in [-0.2, 0) is 14.4 Å². The quantitative estimate of drug-likeness (QED) is 0.645. The van der Waals surface area contributed by atoms with E-state index in [2.05, 4.69) is 10.6 Å². The molecule has 6 nitrogen and oxygen atoms in total. The SMILES string of the molecule is CC(C)NC(=O)CCCC(=O)NC1(C(=O)O)CCSC1. The highest BCUT2D eigenvalue weighted by molar-refractivity contribution is 7.99. The third-order valence-corrected chi connectivity index (χ3v) is 4.26. The summed E-state index contributed by atoms with van der Waals surface area (Å²) in [6, 6.07) is 0.0853. The van der Waals surface area contributed by atoms with Gasteiger partial charge in [0.25, 0.3) is 0 Å². The van der Waals surface area contributed by atoms with Gasteiger partial charge in [0, 0.05) is 24.6 Å². The zero-order chi connectivity index (χ0) is 15.2. The summed E-state index contributed by atoms with van der Waals surface area (Å²) in [7, 11) is 0. The molecule has 0 spiro atoms. The lowest BCUT2D eigenvalue weighted by atomic mass is 9.99. The van der Waals surface area contributed by atoms with Gasteiger partial charge >= 0.3 is 5.97 Å². The van der Waals surface area contributed by atoms with Crippen molar-refractivity contribution in [2.75, 3.05) is 11.5 Å². The van der Waals surface area contributed by atoms with Crippen LogP contribution in [-0.4, -0.2) is 46.0 Å². The second kappa shape index (κ2) is 7.52. The normalized spacial score (nSPS) is 21.8. The zero-order valence-electron chi connectivity index (χ0n) is 11.9. The zero-order valence-corrected chi connectivity index (χ0v) is 12.7. The van der Waals surface area contributed by atoms with E-state index in [-0.39, 0.29) is 30.7 Å². The Kier molecular flexibility index (Phi) is 6.32. The van der Waals surface area contributed by atoms with Gasteiger partial charge in [-0.25, -0.2) is 4.79 Å². The number of nitrogens with one attached hydrogen (secondary N) is 2. The molecule has 114 valence electrons.